The molecule has 0 aromatic heterocycles. The summed E-state index contributed by atoms with van der Waals surface area (Å²) >= 11 is 3.41. The van der Waals surface area contributed by atoms with Crippen molar-refractivity contribution in [3.05, 3.63) is 29.6 Å². The minimum absolute atomic E-state index is 0.662. The fourth-order valence-corrected chi connectivity index (χ4v) is 1.02. The largest absolute Gasteiger partial charge is 0.417 e. The molecule has 0 amide bonds. The summed E-state index contributed by atoms with van der Waals surface area (Å²) in [6.45, 7) is 0. The molecule has 0 bridgehead atoms. The molecule has 1 aromatic rings. The van der Waals surface area contributed by atoms with Gasteiger partial charge in [-0.2, -0.15) is 13.2 Å². The first-order valence-electron chi connectivity index (χ1n) is 2.97. The first-order chi connectivity index (χ1) is 5.43. The molecular weight excluding hydrogens is 192 g/mol. The van der Waals surface area contributed by atoms with E-state index in [0.717, 1.165) is 18.2 Å². The lowest BCUT2D eigenvalue weighted by Crippen LogP contribution is -2.06. The van der Waals surface area contributed by atoms with Crippen LogP contribution in [-0.2, 0) is 6.18 Å². The van der Waals surface area contributed by atoms with Gasteiger partial charge in [-0.1, -0.05) is 6.07 Å². The average Bonchev–Trinajstić information content (AvgIpc) is 1.92. The van der Waals surface area contributed by atoms with Crippen molar-refractivity contribution in [2.45, 2.75) is 11.1 Å². The second kappa shape index (κ2) is 2.97. The molecule has 0 radical (unpaired) electrons. The van der Waals surface area contributed by atoms with Gasteiger partial charge in [-0.15, -0.1) is 12.6 Å². The minimum Gasteiger partial charge on any atom is -0.206 e. The summed E-state index contributed by atoms with van der Waals surface area (Å²) in [6.07, 6.45) is -4.54. The average molecular weight is 196 g/mol. The van der Waals surface area contributed by atoms with E-state index in [4.69, 9.17) is 0 Å². The Morgan fingerprint density at radius 3 is 2.17 bits per heavy atom. The van der Waals surface area contributed by atoms with Crippen LogP contribution in [0.15, 0.2) is 23.1 Å². The molecule has 66 valence electrons. The number of benzene rings is 1. The van der Waals surface area contributed by atoms with E-state index in [9.17, 15) is 17.6 Å². The summed E-state index contributed by atoms with van der Waals surface area (Å²) in [6, 6.07) is 2.71. The molecule has 1 rings (SSSR count). The standard InChI is InChI=1S/C7H4F4S/c8-5-3-1-2-4(6(5)12)7(9,10)11/h1-3,12H. The highest BCUT2D eigenvalue weighted by molar-refractivity contribution is 7.80. The summed E-state index contributed by atoms with van der Waals surface area (Å²) in [5.74, 6) is -0.965. The van der Waals surface area contributed by atoms with E-state index in [1.807, 2.05) is 0 Å². The van der Waals surface area contributed by atoms with Crippen LogP contribution in [0, 0.1) is 5.82 Å². The first-order valence-corrected chi connectivity index (χ1v) is 3.42. The van der Waals surface area contributed by atoms with Gasteiger partial charge in [0.15, 0.2) is 0 Å². The van der Waals surface area contributed by atoms with E-state index >= 15 is 0 Å². The normalized spacial score (nSPS) is 11.8. The van der Waals surface area contributed by atoms with Crippen LogP contribution in [0.5, 0.6) is 0 Å². The lowest BCUT2D eigenvalue weighted by molar-refractivity contribution is -0.140. The molecular formula is C7H4F4S. The Morgan fingerprint density at radius 2 is 1.75 bits per heavy atom. The lowest BCUT2D eigenvalue weighted by Gasteiger charge is -2.08. The predicted octanol–water partition coefficient (Wildman–Crippen LogP) is 3.13. The monoisotopic (exact) mass is 196 g/mol. The van der Waals surface area contributed by atoms with E-state index in [2.05, 4.69) is 12.6 Å². The van der Waals surface area contributed by atoms with Crippen LogP contribution in [0.4, 0.5) is 17.6 Å². The third-order valence-electron chi connectivity index (χ3n) is 1.29. The molecule has 0 nitrogen and oxygen atoms in total. The molecule has 0 N–H and O–H groups in total. The first kappa shape index (κ1) is 9.38. The van der Waals surface area contributed by atoms with Gasteiger partial charge in [0.05, 0.1) is 10.5 Å². The number of rotatable bonds is 0. The van der Waals surface area contributed by atoms with Crippen molar-refractivity contribution in [2.24, 2.45) is 0 Å². The van der Waals surface area contributed by atoms with Crippen LogP contribution in [0.25, 0.3) is 0 Å². The summed E-state index contributed by atoms with van der Waals surface area (Å²) in [4.78, 5) is -0.662. The molecule has 5 heteroatoms. The zero-order valence-electron chi connectivity index (χ0n) is 5.69. The molecule has 0 fully saturated rings. The van der Waals surface area contributed by atoms with Gasteiger partial charge < -0.3 is 0 Å². The molecule has 0 saturated carbocycles. The van der Waals surface area contributed by atoms with Gasteiger partial charge in [-0.3, -0.25) is 0 Å². The van der Waals surface area contributed by atoms with Crippen LogP contribution in [0.3, 0.4) is 0 Å². The molecule has 0 atom stereocenters. The topological polar surface area (TPSA) is 0 Å². The van der Waals surface area contributed by atoms with E-state index in [-0.39, 0.29) is 0 Å². The van der Waals surface area contributed by atoms with Gasteiger partial charge in [0.1, 0.15) is 5.82 Å². The summed E-state index contributed by atoms with van der Waals surface area (Å²) in [7, 11) is 0. The molecule has 0 aliphatic carbocycles. The van der Waals surface area contributed by atoms with Crippen LogP contribution in [0.1, 0.15) is 5.56 Å². The highest BCUT2D eigenvalue weighted by Gasteiger charge is 2.33. The van der Waals surface area contributed by atoms with E-state index in [0.29, 0.717) is 0 Å². The van der Waals surface area contributed by atoms with Crippen LogP contribution in [0.2, 0.25) is 0 Å². The Labute approximate surface area is 71.6 Å². The zero-order chi connectivity index (χ0) is 9.35. The number of hydrogen-bond donors (Lipinski definition) is 1. The Kier molecular flexibility index (Phi) is 2.32. The van der Waals surface area contributed by atoms with Crippen molar-refractivity contribution >= 4 is 12.6 Å². The van der Waals surface area contributed by atoms with Crippen LogP contribution >= 0.6 is 12.6 Å². The Hall–Kier alpha value is -0.710. The molecule has 0 unspecified atom stereocenters. The Morgan fingerprint density at radius 1 is 1.17 bits per heavy atom. The third kappa shape index (κ3) is 1.72. The van der Waals surface area contributed by atoms with E-state index in [1.165, 1.54) is 0 Å². The Bertz CT molecular complexity index is 292. The fourth-order valence-electron chi connectivity index (χ4n) is 0.744. The number of halogens is 4. The van der Waals surface area contributed by atoms with Gasteiger partial charge >= 0.3 is 6.18 Å². The number of hydrogen-bond acceptors (Lipinski definition) is 1. The van der Waals surface area contributed by atoms with Crippen molar-refractivity contribution in [1.29, 1.82) is 0 Å². The quantitative estimate of drug-likeness (QED) is 0.478. The summed E-state index contributed by atoms with van der Waals surface area (Å²) < 4.78 is 48.6. The van der Waals surface area contributed by atoms with Crippen molar-refractivity contribution in [1.82, 2.24) is 0 Å². The fraction of sp³-hybridized carbons (Fsp3) is 0.143. The molecule has 0 aliphatic rings. The van der Waals surface area contributed by atoms with Crippen LogP contribution in [-0.4, -0.2) is 0 Å². The van der Waals surface area contributed by atoms with Crippen molar-refractivity contribution in [3.8, 4) is 0 Å². The molecule has 1 aromatic carbocycles. The molecule has 12 heavy (non-hydrogen) atoms. The van der Waals surface area contributed by atoms with Crippen molar-refractivity contribution in [3.63, 3.8) is 0 Å². The van der Waals surface area contributed by atoms with Crippen molar-refractivity contribution < 1.29 is 17.6 Å². The van der Waals surface area contributed by atoms with Crippen LogP contribution < -0.4 is 0 Å². The second-order valence-corrected chi connectivity index (χ2v) is 2.58. The maximum absolute atomic E-state index is 12.5. The smallest absolute Gasteiger partial charge is 0.206 e. The third-order valence-corrected chi connectivity index (χ3v) is 1.75. The maximum Gasteiger partial charge on any atom is 0.417 e. The Balaban J connectivity index is 3.26. The number of thiol groups is 1. The summed E-state index contributed by atoms with van der Waals surface area (Å²) in [5.41, 5.74) is -1.05. The molecule has 0 heterocycles. The van der Waals surface area contributed by atoms with Gasteiger partial charge in [0.25, 0.3) is 0 Å². The highest BCUT2D eigenvalue weighted by Crippen LogP contribution is 2.34. The van der Waals surface area contributed by atoms with E-state index < -0.39 is 22.5 Å². The molecule has 0 saturated heterocycles. The zero-order valence-corrected chi connectivity index (χ0v) is 6.59. The highest BCUT2D eigenvalue weighted by atomic mass is 32.1. The van der Waals surface area contributed by atoms with Crippen molar-refractivity contribution in [2.75, 3.05) is 0 Å². The van der Waals surface area contributed by atoms with Gasteiger partial charge in [0, 0.05) is 0 Å². The molecule has 0 aliphatic heterocycles. The van der Waals surface area contributed by atoms with E-state index in [1.54, 1.807) is 0 Å². The second-order valence-electron chi connectivity index (χ2n) is 2.13. The number of alkyl halides is 3. The van der Waals surface area contributed by atoms with Gasteiger partial charge in [-0.25, -0.2) is 4.39 Å². The molecule has 0 spiro atoms. The SMILES string of the molecule is Fc1cccc(C(F)(F)F)c1S. The maximum atomic E-state index is 12.5. The lowest BCUT2D eigenvalue weighted by atomic mass is 10.2. The predicted molar refractivity (Wildman–Crippen MR) is 38.7 cm³/mol. The summed E-state index contributed by atoms with van der Waals surface area (Å²) in [5, 5.41) is 0. The minimum atomic E-state index is -4.54. The van der Waals surface area contributed by atoms with Gasteiger partial charge in [0.2, 0.25) is 0 Å². The van der Waals surface area contributed by atoms with Gasteiger partial charge in [-0.05, 0) is 12.1 Å².